The number of hydrogen-bond acceptors (Lipinski definition) is 6. The lowest BCUT2D eigenvalue weighted by Crippen LogP contribution is -2.58. The Kier molecular flexibility index (Phi) is 5.12. The van der Waals surface area contributed by atoms with Crippen molar-refractivity contribution in [1.82, 2.24) is 4.90 Å². The molecule has 3 aromatic carbocycles. The van der Waals surface area contributed by atoms with Crippen LogP contribution in [0.1, 0.15) is 12.0 Å². The maximum atomic E-state index is 14.3. The highest BCUT2D eigenvalue weighted by molar-refractivity contribution is 6.31. The van der Waals surface area contributed by atoms with E-state index in [0.717, 1.165) is 10.5 Å². The Bertz CT molecular complexity index is 1600. The minimum atomic E-state index is -1.58. The summed E-state index contributed by atoms with van der Waals surface area (Å²) in [6.07, 6.45) is 3.09. The number of fused-ring (bicyclic) bond motifs is 5. The zero-order valence-corrected chi connectivity index (χ0v) is 21.2. The van der Waals surface area contributed by atoms with E-state index in [9.17, 15) is 19.2 Å². The van der Waals surface area contributed by atoms with Crippen LogP contribution < -0.4 is 9.80 Å². The Morgan fingerprint density at radius 1 is 0.769 bits per heavy atom. The molecule has 0 bridgehead atoms. The first-order chi connectivity index (χ1) is 18.9. The first-order valence-electron chi connectivity index (χ1n) is 12.6. The molecule has 192 valence electrons. The van der Waals surface area contributed by atoms with Gasteiger partial charge in [-0.15, -0.1) is 0 Å². The van der Waals surface area contributed by atoms with Gasteiger partial charge in [0.1, 0.15) is 5.54 Å². The zero-order valence-electron chi connectivity index (χ0n) is 20.5. The molecule has 0 radical (unpaired) electrons. The van der Waals surface area contributed by atoms with E-state index in [-0.39, 0.29) is 6.42 Å². The third-order valence-electron chi connectivity index (χ3n) is 8.08. The summed E-state index contributed by atoms with van der Waals surface area (Å²) in [6.45, 7) is 0. The van der Waals surface area contributed by atoms with E-state index in [0.29, 0.717) is 22.1 Å². The van der Waals surface area contributed by atoms with Crippen LogP contribution in [0.3, 0.4) is 0 Å². The molecule has 0 saturated carbocycles. The molecule has 4 aliphatic heterocycles. The van der Waals surface area contributed by atoms with Crippen LogP contribution in [0.4, 0.5) is 11.4 Å². The molecule has 0 aromatic heterocycles. The van der Waals surface area contributed by atoms with E-state index in [1.807, 2.05) is 18.2 Å². The van der Waals surface area contributed by atoms with Crippen LogP contribution >= 0.6 is 11.6 Å². The van der Waals surface area contributed by atoms with Crippen LogP contribution in [0.25, 0.3) is 5.70 Å². The number of benzene rings is 3. The quantitative estimate of drug-likeness (QED) is 0.473. The Hall–Kier alpha value is -4.56. The van der Waals surface area contributed by atoms with E-state index in [1.165, 1.54) is 11.2 Å². The standard InChI is InChI=1S/C30H21ClN4O4/c31-19-13-11-18(12-14-19)22-15-23-25-26(28(38)35(27(25)37)21-9-5-2-6-10-21)30(33(23)17-32-22)16-24(36)34(29(30)39)20-7-3-1-4-8-20/h1-15,17,23,25-26H,16H2. The number of aliphatic imine (C=N–C) groups is 1. The number of anilines is 2. The van der Waals surface area contributed by atoms with Crippen molar-refractivity contribution >= 4 is 58.6 Å². The summed E-state index contributed by atoms with van der Waals surface area (Å²) in [4.78, 5) is 64.4. The Morgan fingerprint density at radius 2 is 1.38 bits per heavy atom. The highest BCUT2D eigenvalue weighted by Crippen LogP contribution is 2.55. The fourth-order valence-corrected chi connectivity index (χ4v) is 6.55. The third kappa shape index (κ3) is 3.21. The lowest BCUT2D eigenvalue weighted by molar-refractivity contribution is -0.133. The minimum Gasteiger partial charge on any atom is -0.339 e. The summed E-state index contributed by atoms with van der Waals surface area (Å²) < 4.78 is 0. The topological polar surface area (TPSA) is 90.4 Å². The van der Waals surface area contributed by atoms with Gasteiger partial charge >= 0.3 is 0 Å². The largest absolute Gasteiger partial charge is 0.339 e. The summed E-state index contributed by atoms with van der Waals surface area (Å²) >= 11 is 6.07. The van der Waals surface area contributed by atoms with Gasteiger partial charge in [-0.3, -0.25) is 19.2 Å². The molecule has 4 aliphatic rings. The molecule has 0 N–H and O–H groups in total. The van der Waals surface area contributed by atoms with E-state index in [4.69, 9.17) is 11.6 Å². The van der Waals surface area contributed by atoms with Crippen molar-refractivity contribution < 1.29 is 19.2 Å². The van der Waals surface area contributed by atoms with Crippen molar-refractivity contribution in [3.63, 3.8) is 0 Å². The fourth-order valence-electron chi connectivity index (χ4n) is 6.43. The molecule has 4 atom stereocenters. The van der Waals surface area contributed by atoms with Crippen LogP contribution in [-0.2, 0) is 19.2 Å². The van der Waals surface area contributed by atoms with Crippen LogP contribution in [0.2, 0.25) is 5.02 Å². The van der Waals surface area contributed by atoms with Crippen molar-refractivity contribution in [2.75, 3.05) is 9.80 Å². The van der Waals surface area contributed by atoms with E-state index < -0.39 is 47.0 Å². The SMILES string of the molecule is O=C1CC2(C(=O)N1c1ccccc1)C1C(=O)N(c3ccccc3)C(=O)C1C1C=C(c3ccc(Cl)cc3)N=CN12. The molecule has 9 heteroatoms. The number of imide groups is 2. The van der Waals surface area contributed by atoms with Gasteiger partial charge in [-0.25, -0.2) is 14.8 Å². The molecule has 39 heavy (non-hydrogen) atoms. The molecule has 4 heterocycles. The number of amides is 4. The second kappa shape index (κ2) is 8.47. The summed E-state index contributed by atoms with van der Waals surface area (Å²) in [5.74, 6) is -3.78. The summed E-state index contributed by atoms with van der Waals surface area (Å²) in [6, 6.07) is 23.8. The summed E-state index contributed by atoms with van der Waals surface area (Å²) in [5, 5.41) is 0.576. The molecule has 8 nitrogen and oxygen atoms in total. The summed E-state index contributed by atoms with van der Waals surface area (Å²) in [5.41, 5.74) is 0.659. The number of rotatable bonds is 3. The number of para-hydroxylation sites is 2. The van der Waals surface area contributed by atoms with Gasteiger partial charge in [0.15, 0.2) is 0 Å². The van der Waals surface area contributed by atoms with Gasteiger partial charge in [-0.2, -0.15) is 0 Å². The number of carbonyl (C=O) groups is 4. The van der Waals surface area contributed by atoms with Crippen molar-refractivity contribution in [2.45, 2.75) is 18.0 Å². The third-order valence-corrected chi connectivity index (χ3v) is 8.33. The Morgan fingerprint density at radius 3 is 2.03 bits per heavy atom. The number of hydrogen-bond donors (Lipinski definition) is 0. The van der Waals surface area contributed by atoms with Gasteiger partial charge in [0.2, 0.25) is 17.7 Å². The van der Waals surface area contributed by atoms with E-state index >= 15 is 0 Å². The van der Waals surface area contributed by atoms with Gasteiger partial charge < -0.3 is 4.90 Å². The van der Waals surface area contributed by atoms with E-state index in [1.54, 1.807) is 77.7 Å². The molecule has 3 saturated heterocycles. The monoisotopic (exact) mass is 536 g/mol. The van der Waals surface area contributed by atoms with Crippen molar-refractivity contribution in [2.24, 2.45) is 16.8 Å². The number of halogens is 1. The molecule has 3 fully saturated rings. The molecule has 4 amide bonds. The van der Waals surface area contributed by atoms with Crippen molar-refractivity contribution in [1.29, 1.82) is 0 Å². The lowest BCUT2D eigenvalue weighted by atomic mass is 9.78. The molecule has 3 aromatic rings. The lowest BCUT2D eigenvalue weighted by Gasteiger charge is -2.38. The molecular weight excluding hydrogens is 516 g/mol. The van der Waals surface area contributed by atoms with Gasteiger partial charge in [0.05, 0.1) is 47.7 Å². The molecular formula is C30H21ClN4O4. The predicted molar refractivity (Wildman–Crippen MR) is 146 cm³/mol. The van der Waals surface area contributed by atoms with Gasteiger partial charge in [-0.05, 0) is 42.5 Å². The molecule has 1 spiro atoms. The van der Waals surface area contributed by atoms with Crippen LogP contribution in [0.5, 0.6) is 0 Å². The average molecular weight is 537 g/mol. The number of nitrogens with zero attached hydrogens (tertiary/aromatic N) is 4. The van der Waals surface area contributed by atoms with Crippen LogP contribution in [0, 0.1) is 11.8 Å². The first-order valence-corrected chi connectivity index (χ1v) is 13.0. The Labute approximate surface area is 228 Å². The first kappa shape index (κ1) is 23.5. The Balaban J connectivity index is 1.38. The fraction of sp³-hybridized carbons (Fsp3) is 0.167. The summed E-state index contributed by atoms with van der Waals surface area (Å²) in [7, 11) is 0. The highest BCUT2D eigenvalue weighted by Gasteiger charge is 2.75. The molecule has 0 aliphatic carbocycles. The van der Waals surface area contributed by atoms with Crippen LogP contribution in [0.15, 0.2) is 96.0 Å². The minimum absolute atomic E-state index is 0.240. The maximum absolute atomic E-state index is 14.3. The predicted octanol–water partition coefficient (Wildman–Crippen LogP) is 3.92. The van der Waals surface area contributed by atoms with Crippen molar-refractivity contribution in [3.8, 4) is 0 Å². The van der Waals surface area contributed by atoms with Gasteiger partial charge in [0, 0.05) is 10.6 Å². The normalized spacial score (nSPS) is 27.5. The van der Waals surface area contributed by atoms with Gasteiger partial charge in [0.25, 0.3) is 5.91 Å². The maximum Gasteiger partial charge on any atom is 0.261 e. The zero-order chi connectivity index (χ0) is 26.9. The average Bonchev–Trinajstić information content (AvgIpc) is 3.50. The second-order valence-electron chi connectivity index (χ2n) is 10.0. The molecule has 7 rings (SSSR count). The van der Waals surface area contributed by atoms with Gasteiger partial charge in [-0.1, -0.05) is 60.1 Å². The van der Waals surface area contributed by atoms with Crippen LogP contribution in [-0.4, -0.2) is 46.4 Å². The smallest absolute Gasteiger partial charge is 0.261 e. The second-order valence-corrected chi connectivity index (χ2v) is 10.5. The van der Waals surface area contributed by atoms with Crippen molar-refractivity contribution in [3.05, 3.63) is 102 Å². The highest BCUT2D eigenvalue weighted by atomic mass is 35.5. The number of carbonyl (C=O) groups excluding carboxylic acids is 4. The van der Waals surface area contributed by atoms with E-state index in [2.05, 4.69) is 4.99 Å². The molecule has 4 unspecified atom stereocenters.